The SMILES string of the molecule is CONC(=O)[C@@H]1N=C(N)N2C[C@H](NC(=O)c3cccc4c3CCCC4)C(O)(O)[C@@]23NC(N)=[NH+][C@@H]13. The fraction of sp³-hybridized carbons (Fsp3) is 0.524. The molecule has 5 rings (SSSR count). The number of nitrogens with zero attached hydrogens (tertiary/aromatic N) is 2. The van der Waals surface area contributed by atoms with Crippen LogP contribution in [0.2, 0.25) is 0 Å². The van der Waals surface area contributed by atoms with Crippen LogP contribution in [0.5, 0.6) is 0 Å². The molecule has 34 heavy (non-hydrogen) atoms. The van der Waals surface area contributed by atoms with E-state index in [1.54, 1.807) is 6.07 Å². The Morgan fingerprint density at radius 3 is 2.82 bits per heavy atom. The minimum atomic E-state index is -2.59. The number of hydroxylamine groups is 1. The van der Waals surface area contributed by atoms with Gasteiger partial charge in [0.1, 0.15) is 6.04 Å². The maximum atomic E-state index is 13.3. The van der Waals surface area contributed by atoms with E-state index in [1.165, 1.54) is 12.0 Å². The standard InChI is InChI=1S/C21H28N8O5/c1-34-28-17(31)14-15-20(27-18(22)26-15)21(32,33)13(9-29(20)19(23)25-14)24-16(30)12-8-4-6-10-5-2-3-7-11(10)12/h4,6,8,13-15,32-33H,2-3,5,7,9H2,1H3,(H2,23,25)(H,24,30)(H,28,31)(H3,22,26,27)/p+1/t13-,14+,15-,20-/m0/s1. The maximum absolute atomic E-state index is 13.3. The largest absolute Gasteiger partial charge is 0.370 e. The number of hydrogen-bond acceptors (Lipinski definition) is 10. The molecule has 1 fully saturated rings. The van der Waals surface area contributed by atoms with Gasteiger partial charge in [0.15, 0.2) is 18.0 Å². The van der Waals surface area contributed by atoms with Gasteiger partial charge < -0.3 is 21.3 Å². The third kappa shape index (κ3) is 3.04. The molecule has 1 saturated heterocycles. The fourth-order valence-corrected chi connectivity index (χ4v) is 5.68. The third-order valence-corrected chi connectivity index (χ3v) is 7.20. The number of aliphatic hydroxyl groups is 2. The van der Waals surface area contributed by atoms with Crippen molar-refractivity contribution in [3.63, 3.8) is 0 Å². The van der Waals surface area contributed by atoms with Crippen molar-refractivity contribution in [1.29, 1.82) is 0 Å². The molecular formula is C21H29N8O5+. The van der Waals surface area contributed by atoms with Gasteiger partial charge in [0, 0.05) is 5.56 Å². The van der Waals surface area contributed by atoms with E-state index in [2.05, 4.69) is 26.1 Å². The lowest BCUT2D eigenvalue weighted by molar-refractivity contribution is -0.519. The first-order valence-corrected chi connectivity index (χ1v) is 11.2. The van der Waals surface area contributed by atoms with Gasteiger partial charge in [0.05, 0.1) is 13.7 Å². The van der Waals surface area contributed by atoms with Gasteiger partial charge in [-0.05, 0) is 42.9 Å². The average Bonchev–Trinajstić information content (AvgIpc) is 3.27. The second kappa shape index (κ2) is 7.82. The van der Waals surface area contributed by atoms with Crippen molar-refractivity contribution in [2.75, 3.05) is 13.7 Å². The molecule has 3 heterocycles. The number of amides is 2. The molecule has 4 atom stereocenters. The topological polar surface area (TPSA) is 202 Å². The van der Waals surface area contributed by atoms with Crippen LogP contribution in [-0.2, 0) is 22.5 Å². The minimum absolute atomic E-state index is 0.00620. The number of guanidine groups is 2. The van der Waals surface area contributed by atoms with Crippen molar-refractivity contribution in [3.05, 3.63) is 34.9 Å². The van der Waals surface area contributed by atoms with Gasteiger partial charge in [-0.2, -0.15) is 0 Å². The number of rotatable bonds is 4. The van der Waals surface area contributed by atoms with Gasteiger partial charge in [0.25, 0.3) is 17.5 Å². The lowest BCUT2D eigenvalue weighted by Crippen LogP contribution is -2.90. The maximum Gasteiger partial charge on any atom is 0.343 e. The second-order valence-electron chi connectivity index (χ2n) is 9.04. The van der Waals surface area contributed by atoms with Crippen LogP contribution >= 0.6 is 0 Å². The normalized spacial score (nSPS) is 30.8. The fourth-order valence-electron chi connectivity index (χ4n) is 5.68. The highest BCUT2D eigenvalue weighted by Crippen LogP contribution is 2.41. The monoisotopic (exact) mass is 473 g/mol. The Kier molecular flexibility index (Phi) is 5.15. The number of fused-ring (bicyclic) bond motifs is 1. The summed E-state index contributed by atoms with van der Waals surface area (Å²) >= 11 is 0. The summed E-state index contributed by atoms with van der Waals surface area (Å²) in [7, 11) is 1.27. The molecular weight excluding hydrogens is 444 g/mol. The summed E-state index contributed by atoms with van der Waals surface area (Å²) in [5.74, 6) is -3.78. The predicted molar refractivity (Wildman–Crippen MR) is 119 cm³/mol. The predicted octanol–water partition coefficient (Wildman–Crippen LogP) is -4.90. The quantitative estimate of drug-likeness (QED) is 0.156. The Balaban J connectivity index is 1.48. The summed E-state index contributed by atoms with van der Waals surface area (Å²) in [5, 5.41) is 28.5. The molecule has 4 aliphatic rings. The molecule has 0 saturated carbocycles. The van der Waals surface area contributed by atoms with Crippen LogP contribution in [0.3, 0.4) is 0 Å². The van der Waals surface area contributed by atoms with Gasteiger partial charge >= 0.3 is 5.96 Å². The highest BCUT2D eigenvalue weighted by Gasteiger charge is 2.77. The summed E-state index contributed by atoms with van der Waals surface area (Å²) in [5.41, 5.74) is 15.2. The van der Waals surface area contributed by atoms with Gasteiger partial charge in [-0.1, -0.05) is 12.1 Å². The molecule has 13 nitrogen and oxygen atoms in total. The smallest absolute Gasteiger partial charge is 0.343 e. The van der Waals surface area contributed by atoms with Crippen LogP contribution < -0.4 is 32.6 Å². The van der Waals surface area contributed by atoms with Gasteiger partial charge in [-0.3, -0.25) is 30.1 Å². The third-order valence-electron chi connectivity index (χ3n) is 7.20. The van der Waals surface area contributed by atoms with Crippen LogP contribution in [0.1, 0.15) is 34.3 Å². The van der Waals surface area contributed by atoms with E-state index in [0.29, 0.717) is 5.56 Å². The molecule has 0 radical (unpaired) electrons. The summed E-state index contributed by atoms with van der Waals surface area (Å²) < 4.78 is 0. The van der Waals surface area contributed by atoms with E-state index >= 15 is 0 Å². The highest BCUT2D eigenvalue weighted by atomic mass is 16.6. The molecule has 0 aromatic heterocycles. The minimum Gasteiger partial charge on any atom is -0.370 e. The van der Waals surface area contributed by atoms with Crippen LogP contribution in [0.4, 0.5) is 0 Å². The van der Waals surface area contributed by atoms with Crippen LogP contribution in [0.15, 0.2) is 23.2 Å². The number of carbonyl (C=O) groups excluding carboxylic acids is 2. The molecule has 182 valence electrons. The van der Waals surface area contributed by atoms with E-state index < -0.39 is 41.4 Å². The Labute approximate surface area is 195 Å². The Morgan fingerprint density at radius 1 is 1.29 bits per heavy atom. The Bertz CT molecular complexity index is 1100. The summed E-state index contributed by atoms with van der Waals surface area (Å²) in [4.78, 5) is 39.1. The molecule has 2 amide bonds. The number of benzene rings is 1. The summed E-state index contributed by atoms with van der Waals surface area (Å²) in [6.45, 7) is -0.0832. The Morgan fingerprint density at radius 2 is 2.06 bits per heavy atom. The average molecular weight is 474 g/mol. The van der Waals surface area contributed by atoms with Crippen molar-refractivity contribution in [1.82, 2.24) is 21.0 Å². The van der Waals surface area contributed by atoms with Crippen molar-refractivity contribution in [2.45, 2.75) is 55.3 Å². The highest BCUT2D eigenvalue weighted by molar-refractivity contribution is 5.97. The first-order chi connectivity index (χ1) is 16.2. The zero-order chi connectivity index (χ0) is 24.3. The van der Waals surface area contributed by atoms with E-state index in [0.717, 1.165) is 36.8 Å². The first kappa shape index (κ1) is 22.4. The summed E-state index contributed by atoms with van der Waals surface area (Å²) in [6, 6.07) is 2.18. The molecule has 0 unspecified atom stereocenters. The number of carbonyl (C=O) groups is 2. The molecule has 1 aliphatic carbocycles. The van der Waals surface area contributed by atoms with Gasteiger partial charge in [-0.15, -0.1) is 0 Å². The van der Waals surface area contributed by atoms with Gasteiger partial charge in [0.2, 0.25) is 5.79 Å². The summed E-state index contributed by atoms with van der Waals surface area (Å²) in [6.07, 6.45) is 3.76. The molecule has 1 spiro atoms. The first-order valence-electron chi connectivity index (χ1n) is 11.2. The zero-order valence-corrected chi connectivity index (χ0v) is 18.7. The number of nitrogens with two attached hydrogens (primary N) is 2. The lowest BCUT2D eigenvalue weighted by Gasteiger charge is -2.45. The van der Waals surface area contributed by atoms with Crippen LogP contribution in [0, 0.1) is 0 Å². The molecule has 10 N–H and O–H groups in total. The van der Waals surface area contributed by atoms with Crippen molar-refractivity contribution in [3.8, 4) is 0 Å². The number of nitrogens with one attached hydrogen (secondary N) is 4. The molecule has 0 bridgehead atoms. The number of aryl methyl sites for hydroxylation is 1. The van der Waals surface area contributed by atoms with E-state index in [4.69, 9.17) is 16.3 Å². The zero-order valence-electron chi connectivity index (χ0n) is 18.7. The van der Waals surface area contributed by atoms with Crippen molar-refractivity contribution < 1.29 is 29.6 Å². The molecule has 1 aromatic carbocycles. The van der Waals surface area contributed by atoms with Crippen LogP contribution in [-0.4, -0.2) is 82.1 Å². The molecule has 1 aromatic rings. The molecule has 3 aliphatic heterocycles. The lowest BCUT2D eigenvalue weighted by atomic mass is 9.84. The molecule has 13 heteroatoms. The second-order valence-corrected chi connectivity index (χ2v) is 9.04. The van der Waals surface area contributed by atoms with Crippen molar-refractivity contribution in [2.24, 2.45) is 16.5 Å². The van der Waals surface area contributed by atoms with E-state index in [-0.39, 0.29) is 18.5 Å². The van der Waals surface area contributed by atoms with E-state index in [9.17, 15) is 19.8 Å². The van der Waals surface area contributed by atoms with Crippen LogP contribution in [0.25, 0.3) is 0 Å². The number of hydrogen-bond donors (Lipinski definition) is 8. The van der Waals surface area contributed by atoms with Gasteiger partial charge in [-0.25, -0.2) is 15.8 Å². The van der Waals surface area contributed by atoms with E-state index in [1.807, 2.05) is 12.1 Å². The van der Waals surface area contributed by atoms with Crippen molar-refractivity contribution >= 4 is 23.7 Å². The number of aliphatic imine (C=N–C) groups is 1. The Hall–Kier alpha value is -3.42.